The minimum absolute atomic E-state index is 0.148. The molecule has 0 aliphatic carbocycles. The van der Waals surface area contributed by atoms with Gasteiger partial charge in [0.15, 0.2) is 6.07 Å². The normalized spacial score (nSPS) is 8.72. The molecule has 0 aromatic heterocycles. The number of ether oxygens (including phenoxy) is 1. The van der Waals surface area contributed by atoms with Crippen LogP contribution in [0, 0.1) is 23.2 Å². The van der Waals surface area contributed by atoms with Crippen LogP contribution in [0.15, 0.2) is 24.3 Å². The molecule has 92 valence electrons. The van der Waals surface area contributed by atoms with Gasteiger partial charge in [-0.15, -0.1) is 0 Å². The van der Waals surface area contributed by atoms with Crippen molar-refractivity contribution >= 4 is 11.7 Å². The van der Waals surface area contributed by atoms with Crippen molar-refractivity contribution in [2.75, 3.05) is 25.6 Å². The largest absolute Gasteiger partial charge is 0.454 e. The van der Waals surface area contributed by atoms with Gasteiger partial charge in [0.2, 0.25) is 0 Å². The third kappa shape index (κ3) is 4.59. The van der Waals surface area contributed by atoms with Crippen molar-refractivity contribution in [3.63, 3.8) is 0 Å². The Hall–Kier alpha value is -2.46. The fourth-order valence-corrected chi connectivity index (χ4v) is 1.23. The van der Waals surface area contributed by atoms with Crippen LogP contribution in [0.4, 0.5) is 5.69 Å². The molecule has 0 fully saturated rings. The second-order valence-electron chi connectivity index (χ2n) is 3.74. The number of hydrogen-bond acceptors (Lipinski definition) is 4. The van der Waals surface area contributed by atoms with Crippen LogP contribution < -0.4 is 4.90 Å². The van der Waals surface area contributed by atoms with Gasteiger partial charge in [0.05, 0.1) is 0 Å². The van der Waals surface area contributed by atoms with E-state index in [-0.39, 0.29) is 6.61 Å². The lowest BCUT2D eigenvalue weighted by Crippen LogP contribution is -2.07. The predicted molar refractivity (Wildman–Crippen MR) is 68.8 cm³/mol. The molecule has 4 heteroatoms. The molecule has 0 radical (unpaired) electrons. The van der Waals surface area contributed by atoms with Gasteiger partial charge in [-0.2, -0.15) is 5.26 Å². The zero-order chi connectivity index (χ0) is 13.4. The highest BCUT2D eigenvalue weighted by atomic mass is 16.5. The molecule has 0 unspecified atom stereocenters. The summed E-state index contributed by atoms with van der Waals surface area (Å²) in [6, 6.07) is 9.22. The molecule has 0 atom stereocenters. The number of esters is 1. The molecule has 0 aliphatic heterocycles. The average Bonchev–Trinajstić information content (AvgIpc) is 2.38. The van der Waals surface area contributed by atoms with Gasteiger partial charge in [0, 0.05) is 31.8 Å². The van der Waals surface area contributed by atoms with Crippen LogP contribution >= 0.6 is 0 Å². The highest BCUT2D eigenvalue weighted by molar-refractivity contribution is 5.85. The summed E-state index contributed by atoms with van der Waals surface area (Å²) in [6.45, 7) is 0.148. The smallest absolute Gasteiger partial charge is 0.411 e. The van der Waals surface area contributed by atoms with Crippen molar-refractivity contribution in [1.29, 1.82) is 5.26 Å². The van der Waals surface area contributed by atoms with Crippen LogP contribution in [0.1, 0.15) is 12.0 Å². The second kappa shape index (κ2) is 6.98. The van der Waals surface area contributed by atoms with Gasteiger partial charge in [-0.3, -0.25) is 0 Å². The quantitative estimate of drug-likeness (QED) is 0.349. The molecule has 1 aromatic carbocycles. The highest BCUT2D eigenvalue weighted by Gasteiger charge is 1.96. The van der Waals surface area contributed by atoms with E-state index in [1.807, 2.05) is 43.3 Å². The molecule has 0 saturated heterocycles. The number of rotatable bonds is 3. The minimum atomic E-state index is -0.868. The Morgan fingerprint density at radius 1 is 1.33 bits per heavy atom. The minimum Gasteiger partial charge on any atom is -0.454 e. The summed E-state index contributed by atoms with van der Waals surface area (Å²) >= 11 is 0. The van der Waals surface area contributed by atoms with Crippen LogP contribution in [0.2, 0.25) is 0 Å². The van der Waals surface area contributed by atoms with E-state index in [2.05, 4.69) is 16.6 Å². The Morgan fingerprint density at radius 2 is 2.00 bits per heavy atom. The second-order valence-corrected chi connectivity index (χ2v) is 3.74. The van der Waals surface area contributed by atoms with E-state index in [4.69, 9.17) is 5.26 Å². The van der Waals surface area contributed by atoms with Crippen LogP contribution in [-0.4, -0.2) is 26.7 Å². The van der Waals surface area contributed by atoms with Gasteiger partial charge < -0.3 is 9.64 Å². The maximum atomic E-state index is 10.5. The zero-order valence-electron chi connectivity index (χ0n) is 10.4. The fourth-order valence-electron chi connectivity index (χ4n) is 1.23. The Balaban J connectivity index is 2.44. The van der Waals surface area contributed by atoms with E-state index in [0.29, 0.717) is 6.42 Å². The standard InChI is InChI=1S/C14H14N2O2/c1-16(2)13-8-6-12(7-9-13)5-3-4-10-18-14(17)11-15/h6-9H,4,10H2,1-2H3. The fraction of sp³-hybridized carbons (Fsp3) is 0.286. The van der Waals surface area contributed by atoms with Crippen LogP contribution in [0.5, 0.6) is 0 Å². The Labute approximate surface area is 107 Å². The number of nitriles is 1. The van der Waals surface area contributed by atoms with E-state index in [0.717, 1.165) is 11.3 Å². The maximum absolute atomic E-state index is 10.5. The van der Waals surface area contributed by atoms with Crippen LogP contribution in [0.3, 0.4) is 0 Å². The van der Waals surface area contributed by atoms with E-state index in [1.54, 1.807) is 0 Å². The lowest BCUT2D eigenvalue weighted by molar-refractivity contribution is -0.136. The topological polar surface area (TPSA) is 53.3 Å². The average molecular weight is 242 g/mol. The summed E-state index contributed by atoms with van der Waals surface area (Å²) in [6.07, 6.45) is 0.419. The molecule has 0 bridgehead atoms. The molecular formula is C14H14N2O2. The first-order valence-corrected chi connectivity index (χ1v) is 5.46. The van der Waals surface area contributed by atoms with Crippen LogP contribution in [0.25, 0.3) is 0 Å². The van der Waals surface area contributed by atoms with Gasteiger partial charge in [-0.25, -0.2) is 4.79 Å². The molecule has 4 nitrogen and oxygen atoms in total. The lowest BCUT2D eigenvalue weighted by Gasteiger charge is -2.11. The zero-order valence-corrected chi connectivity index (χ0v) is 10.4. The van der Waals surface area contributed by atoms with E-state index < -0.39 is 5.97 Å². The molecule has 1 aromatic rings. The first kappa shape index (κ1) is 13.6. The molecule has 0 N–H and O–H groups in total. The summed E-state index contributed by atoms with van der Waals surface area (Å²) in [5.74, 6) is 4.97. The van der Waals surface area contributed by atoms with E-state index in [9.17, 15) is 4.79 Å². The maximum Gasteiger partial charge on any atom is 0.411 e. The first-order valence-electron chi connectivity index (χ1n) is 5.46. The SMILES string of the molecule is CN(C)c1ccc(C#CCCOC(=O)C#N)cc1. The van der Waals surface area contributed by atoms with Crippen molar-refractivity contribution in [3.8, 4) is 17.9 Å². The summed E-state index contributed by atoms with van der Waals surface area (Å²) in [5, 5.41) is 8.18. The molecular weight excluding hydrogens is 228 g/mol. The molecule has 0 saturated carbocycles. The summed E-state index contributed by atoms with van der Waals surface area (Å²) in [4.78, 5) is 12.5. The van der Waals surface area contributed by atoms with Gasteiger partial charge in [0.25, 0.3) is 0 Å². The number of carbonyl (C=O) groups is 1. The highest BCUT2D eigenvalue weighted by Crippen LogP contribution is 2.11. The van der Waals surface area contributed by atoms with Crippen molar-refractivity contribution in [2.24, 2.45) is 0 Å². The van der Waals surface area contributed by atoms with Gasteiger partial charge in [-0.1, -0.05) is 11.8 Å². The molecule has 0 heterocycles. The molecule has 0 spiro atoms. The predicted octanol–water partition coefficient (Wildman–Crippen LogP) is 1.56. The van der Waals surface area contributed by atoms with Crippen molar-refractivity contribution in [1.82, 2.24) is 0 Å². The van der Waals surface area contributed by atoms with Gasteiger partial charge in [0.1, 0.15) is 6.61 Å². The van der Waals surface area contributed by atoms with Crippen molar-refractivity contribution in [2.45, 2.75) is 6.42 Å². The number of nitrogens with zero attached hydrogens (tertiary/aromatic N) is 2. The number of benzene rings is 1. The summed E-state index contributed by atoms with van der Waals surface area (Å²) in [7, 11) is 3.95. The van der Waals surface area contributed by atoms with Gasteiger partial charge in [-0.05, 0) is 24.3 Å². The van der Waals surface area contributed by atoms with Crippen molar-refractivity contribution in [3.05, 3.63) is 29.8 Å². The third-order valence-corrected chi connectivity index (χ3v) is 2.17. The first-order chi connectivity index (χ1) is 8.63. The summed E-state index contributed by atoms with van der Waals surface area (Å²) in [5.41, 5.74) is 2.02. The lowest BCUT2D eigenvalue weighted by atomic mass is 10.2. The Morgan fingerprint density at radius 3 is 2.56 bits per heavy atom. The molecule has 0 aliphatic rings. The van der Waals surface area contributed by atoms with Gasteiger partial charge >= 0.3 is 5.97 Å². The molecule has 1 rings (SSSR count). The molecule has 0 amide bonds. The third-order valence-electron chi connectivity index (χ3n) is 2.17. The monoisotopic (exact) mass is 242 g/mol. The van der Waals surface area contributed by atoms with E-state index in [1.165, 1.54) is 6.07 Å². The summed E-state index contributed by atoms with van der Waals surface area (Å²) < 4.78 is 4.57. The number of carbonyl (C=O) groups excluding carboxylic acids is 1. The number of hydrogen-bond donors (Lipinski definition) is 0. The molecule has 18 heavy (non-hydrogen) atoms. The number of anilines is 1. The van der Waals surface area contributed by atoms with E-state index >= 15 is 0 Å². The Bertz CT molecular complexity index is 501. The van der Waals surface area contributed by atoms with Crippen LogP contribution in [-0.2, 0) is 9.53 Å². The Kier molecular flexibility index (Phi) is 5.28. The van der Waals surface area contributed by atoms with Crippen molar-refractivity contribution < 1.29 is 9.53 Å².